The van der Waals surface area contributed by atoms with E-state index >= 15 is 0 Å². The summed E-state index contributed by atoms with van der Waals surface area (Å²) in [6, 6.07) is 7.18. The van der Waals surface area contributed by atoms with Crippen LogP contribution in [-0.4, -0.2) is 50.7 Å². The van der Waals surface area contributed by atoms with Crippen LogP contribution in [-0.2, 0) is 21.8 Å². The number of aryl methyl sites for hydroxylation is 1. The van der Waals surface area contributed by atoms with Gasteiger partial charge in [-0.3, -0.25) is 4.99 Å². The van der Waals surface area contributed by atoms with Gasteiger partial charge >= 0.3 is 0 Å². The van der Waals surface area contributed by atoms with Gasteiger partial charge < -0.3 is 10.2 Å². The highest BCUT2D eigenvalue weighted by Gasteiger charge is 2.18. The number of sulfone groups is 1. The Balaban J connectivity index is 0.00000420. The van der Waals surface area contributed by atoms with Crippen molar-refractivity contribution in [2.45, 2.75) is 44.6 Å². The zero-order valence-corrected chi connectivity index (χ0v) is 21.9. The van der Waals surface area contributed by atoms with E-state index in [1.54, 1.807) is 30.5 Å². The molecule has 0 spiro atoms. The van der Waals surface area contributed by atoms with E-state index in [-0.39, 0.29) is 41.7 Å². The molecule has 1 N–H and O–H groups in total. The van der Waals surface area contributed by atoms with E-state index in [1.165, 1.54) is 0 Å². The molecule has 0 amide bonds. The number of guanidine groups is 1. The van der Waals surface area contributed by atoms with Crippen molar-refractivity contribution in [3.63, 3.8) is 0 Å². The number of halogens is 1. The van der Waals surface area contributed by atoms with Crippen LogP contribution in [0, 0.1) is 6.92 Å². The minimum atomic E-state index is -3.35. The molecule has 2 aromatic rings. The molecule has 29 heavy (non-hydrogen) atoms. The van der Waals surface area contributed by atoms with Gasteiger partial charge in [-0.2, -0.15) is 0 Å². The summed E-state index contributed by atoms with van der Waals surface area (Å²) in [7, 11) is 0.237. The molecule has 0 aliphatic carbocycles. The summed E-state index contributed by atoms with van der Waals surface area (Å²) in [6.07, 6.45) is 0. The molecule has 0 saturated heterocycles. The zero-order valence-electron chi connectivity index (χ0n) is 17.9. The zero-order chi connectivity index (χ0) is 20.9. The molecule has 0 aliphatic heterocycles. The maximum atomic E-state index is 12.6. The predicted molar refractivity (Wildman–Crippen MR) is 132 cm³/mol. The lowest BCUT2D eigenvalue weighted by atomic mass is 9.87. The highest BCUT2D eigenvalue weighted by Crippen LogP contribution is 2.23. The number of hydrogen-bond donors (Lipinski definition) is 1. The molecule has 0 radical (unpaired) electrons. The molecular formula is C20H31IN4O2S2. The van der Waals surface area contributed by atoms with Crippen LogP contribution in [0.5, 0.6) is 0 Å². The Labute approximate surface area is 195 Å². The summed E-state index contributed by atoms with van der Waals surface area (Å²) in [4.78, 5) is 11.0. The van der Waals surface area contributed by atoms with Gasteiger partial charge in [0.25, 0.3) is 0 Å². The van der Waals surface area contributed by atoms with Crippen molar-refractivity contribution >= 4 is 51.1 Å². The quantitative estimate of drug-likeness (QED) is 0.336. The number of hydrogen-bond acceptors (Lipinski definition) is 5. The third-order valence-electron chi connectivity index (χ3n) is 4.37. The highest BCUT2D eigenvalue weighted by molar-refractivity contribution is 14.0. The summed E-state index contributed by atoms with van der Waals surface area (Å²) >= 11 is 1.61. The molecule has 1 aromatic carbocycles. The average Bonchev–Trinajstić information content (AvgIpc) is 3.02. The van der Waals surface area contributed by atoms with E-state index in [9.17, 15) is 8.42 Å². The summed E-state index contributed by atoms with van der Waals surface area (Å²) < 4.78 is 25.2. The molecule has 162 valence electrons. The molecule has 9 heteroatoms. The fourth-order valence-corrected chi connectivity index (χ4v) is 4.52. The van der Waals surface area contributed by atoms with Crippen molar-refractivity contribution in [1.82, 2.24) is 15.2 Å². The van der Waals surface area contributed by atoms with Crippen molar-refractivity contribution in [3.05, 3.63) is 45.9 Å². The third kappa shape index (κ3) is 7.53. The first kappa shape index (κ1) is 25.8. The van der Waals surface area contributed by atoms with E-state index in [2.05, 4.69) is 36.1 Å². The Kier molecular flexibility index (Phi) is 9.55. The number of thiazole rings is 1. The Bertz CT molecular complexity index is 917. The van der Waals surface area contributed by atoms with Gasteiger partial charge in [-0.1, -0.05) is 32.9 Å². The molecule has 0 saturated carbocycles. The van der Waals surface area contributed by atoms with E-state index in [4.69, 9.17) is 0 Å². The van der Waals surface area contributed by atoms with Gasteiger partial charge in [-0.15, -0.1) is 35.3 Å². The lowest BCUT2D eigenvalue weighted by Crippen LogP contribution is -2.40. The van der Waals surface area contributed by atoms with Crippen molar-refractivity contribution in [2.24, 2.45) is 4.99 Å². The number of nitrogens with zero attached hydrogens (tertiary/aromatic N) is 3. The molecule has 1 heterocycles. The van der Waals surface area contributed by atoms with E-state index < -0.39 is 9.84 Å². The van der Waals surface area contributed by atoms with Gasteiger partial charge in [0.2, 0.25) is 0 Å². The van der Waals surface area contributed by atoms with Gasteiger partial charge in [-0.05, 0) is 30.0 Å². The van der Waals surface area contributed by atoms with Gasteiger partial charge in [0, 0.05) is 26.0 Å². The number of nitrogens with one attached hydrogen (secondary N) is 1. The Hall–Kier alpha value is -1.20. The summed E-state index contributed by atoms with van der Waals surface area (Å²) in [5, 5.41) is 6.17. The minimum absolute atomic E-state index is 0. The van der Waals surface area contributed by atoms with Crippen LogP contribution in [0.3, 0.4) is 0 Å². The van der Waals surface area contributed by atoms with Gasteiger partial charge in [0.1, 0.15) is 0 Å². The lowest BCUT2D eigenvalue weighted by molar-refractivity contribution is 0.472. The molecule has 0 aliphatic rings. The summed E-state index contributed by atoms with van der Waals surface area (Å²) in [6.45, 7) is 9.20. The van der Waals surface area contributed by atoms with Crippen molar-refractivity contribution < 1.29 is 8.42 Å². The third-order valence-corrected chi connectivity index (χ3v) is 6.93. The fourth-order valence-electron chi connectivity index (χ4n) is 2.76. The molecule has 0 atom stereocenters. The van der Waals surface area contributed by atoms with E-state index in [1.807, 2.05) is 36.4 Å². The maximum absolute atomic E-state index is 12.6. The summed E-state index contributed by atoms with van der Waals surface area (Å²) in [5.74, 6) is 0.647. The largest absolute Gasteiger partial charge is 0.355 e. The summed E-state index contributed by atoms with van der Waals surface area (Å²) in [5.41, 5.74) is 2.08. The Morgan fingerprint density at radius 3 is 2.34 bits per heavy atom. The average molecular weight is 551 g/mol. The molecule has 6 nitrogen and oxygen atoms in total. The van der Waals surface area contributed by atoms with Crippen LogP contribution in [0.2, 0.25) is 0 Å². The van der Waals surface area contributed by atoms with Gasteiger partial charge in [0.05, 0.1) is 27.9 Å². The standard InChI is InChI=1S/C20H30N4O2S2.HI/c1-15-23-17(14-27-15)13-24(6)19(21-5)22-11-12-28(25,26)18-9-7-16(8-10-18)20(2,3)4;/h7-10,14H,11-13H2,1-6H3,(H,21,22);1H. The van der Waals surface area contributed by atoms with Crippen molar-refractivity contribution in [3.8, 4) is 0 Å². The van der Waals surface area contributed by atoms with Crippen LogP contribution >= 0.6 is 35.3 Å². The monoisotopic (exact) mass is 550 g/mol. The smallest absolute Gasteiger partial charge is 0.193 e. The van der Waals surface area contributed by atoms with Gasteiger partial charge in [0.15, 0.2) is 15.8 Å². The van der Waals surface area contributed by atoms with E-state index in [0.29, 0.717) is 17.4 Å². The number of rotatable bonds is 6. The Morgan fingerprint density at radius 1 is 1.24 bits per heavy atom. The predicted octanol–water partition coefficient (Wildman–Crippen LogP) is 3.85. The number of aromatic nitrogens is 1. The normalized spacial score (nSPS) is 12.4. The number of aliphatic imine (C=N–C) groups is 1. The SMILES string of the molecule is CN=C(NCCS(=O)(=O)c1ccc(C(C)(C)C)cc1)N(C)Cc1csc(C)n1.I. The van der Waals surface area contributed by atoms with E-state index in [0.717, 1.165) is 16.3 Å². The first-order valence-corrected chi connectivity index (χ1v) is 11.7. The van der Waals surface area contributed by atoms with Crippen LogP contribution in [0.25, 0.3) is 0 Å². The minimum Gasteiger partial charge on any atom is -0.355 e. The molecule has 2 rings (SSSR count). The maximum Gasteiger partial charge on any atom is 0.193 e. The highest BCUT2D eigenvalue weighted by atomic mass is 127. The Morgan fingerprint density at radius 2 is 1.86 bits per heavy atom. The topological polar surface area (TPSA) is 74.7 Å². The molecule has 0 unspecified atom stereocenters. The molecule has 0 bridgehead atoms. The van der Waals surface area contributed by atoms with Crippen LogP contribution < -0.4 is 5.32 Å². The van der Waals surface area contributed by atoms with Crippen LogP contribution in [0.1, 0.15) is 37.0 Å². The molecular weight excluding hydrogens is 519 g/mol. The molecule has 1 aromatic heterocycles. The first-order chi connectivity index (χ1) is 13.0. The van der Waals surface area contributed by atoms with Crippen LogP contribution in [0.15, 0.2) is 39.5 Å². The number of benzene rings is 1. The van der Waals surface area contributed by atoms with Crippen molar-refractivity contribution in [2.75, 3.05) is 26.4 Å². The second kappa shape index (κ2) is 10.7. The lowest BCUT2D eigenvalue weighted by Gasteiger charge is -2.21. The second-order valence-electron chi connectivity index (χ2n) is 7.78. The first-order valence-electron chi connectivity index (χ1n) is 9.19. The molecule has 0 fully saturated rings. The fraction of sp³-hybridized carbons (Fsp3) is 0.500. The van der Waals surface area contributed by atoms with Crippen LogP contribution in [0.4, 0.5) is 0 Å². The van der Waals surface area contributed by atoms with Crippen molar-refractivity contribution in [1.29, 1.82) is 0 Å². The van der Waals surface area contributed by atoms with Gasteiger partial charge in [-0.25, -0.2) is 13.4 Å². The second-order valence-corrected chi connectivity index (χ2v) is 11.0.